The number of hydrogen-bond donors (Lipinski definition) is 1. The van der Waals surface area contributed by atoms with Gasteiger partial charge in [-0.2, -0.15) is 0 Å². The molecule has 0 saturated carbocycles. The summed E-state index contributed by atoms with van der Waals surface area (Å²) in [5.41, 5.74) is 1.53. The molecule has 64 valence electrons. The van der Waals surface area contributed by atoms with Crippen molar-refractivity contribution in [1.82, 2.24) is 0 Å². The van der Waals surface area contributed by atoms with Crippen LogP contribution in [0.5, 0.6) is 0 Å². The Kier molecular flexibility index (Phi) is 2.84. The number of benzene rings is 1. The normalized spacial score (nSPS) is 12.6. The standard InChI is InChI=1S/C9H9ClO2/c1-6-3-2-4-7(5-6)8(11)9(10)12/h2-5,8,11H,1H3/t8-/m0/s1. The van der Waals surface area contributed by atoms with Gasteiger partial charge in [0, 0.05) is 0 Å². The lowest BCUT2D eigenvalue weighted by Gasteiger charge is -2.05. The van der Waals surface area contributed by atoms with Gasteiger partial charge >= 0.3 is 0 Å². The maximum Gasteiger partial charge on any atom is 0.254 e. The van der Waals surface area contributed by atoms with E-state index in [1.54, 1.807) is 18.2 Å². The van der Waals surface area contributed by atoms with E-state index < -0.39 is 11.3 Å². The molecule has 0 heterocycles. The Labute approximate surface area is 75.8 Å². The van der Waals surface area contributed by atoms with Gasteiger partial charge in [-0.05, 0) is 24.1 Å². The molecule has 2 nitrogen and oxygen atoms in total. The summed E-state index contributed by atoms with van der Waals surface area (Å²) in [6.45, 7) is 1.88. The van der Waals surface area contributed by atoms with E-state index in [4.69, 9.17) is 11.6 Å². The van der Waals surface area contributed by atoms with E-state index in [2.05, 4.69) is 0 Å². The fraction of sp³-hybridized carbons (Fsp3) is 0.222. The number of rotatable bonds is 2. The number of carbonyl (C=O) groups excluding carboxylic acids is 1. The molecule has 12 heavy (non-hydrogen) atoms. The average molecular weight is 185 g/mol. The van der Waals surface area contributed by atoms with E-state index in [1.165, 1.54) is 0 Å². The first-order chi connectivity index (χ1) is 5.61. The largest absolute Gasteiger partial charge is 0.379 e. The summed E-state index contributed by atoms with van der Waals surface area (Å²) < 4.78 is 0. The molecule has 0 unspecified atom stereocenters. The Morgan fingerprint density at radius 1 is 1.58 bits per heavy atom. The molecule has 1 aromatic rings. The number of halogens is 1. The van der Waals surface area contributed by atoms with Crippen LogP contribution in [-0.4, -0.2) is 10.3 Å². The van der Waals surface area contributed by atoms with E-state index in [1.807, 2.05) is 13.0 Å². The number of hydrogen-bond acceptors (Lipinski definition) is 2. The molecule has 0 saturated heterocycles. The Morgan fingerprint density at radius 2 is 2.25 bits per heavy atom. The summed E-state index contributed by atoms with van der Waals surface area (Å²) >= 11 is 5.13. The summed E-state index contributed by atoms with van der Waals surface area (Å²) in [5, 5.41) is 8.49. The molecule has 0 fully saturated rings. The van der Waals surface area contributed by atoms with Crippen molar-refractivity contribution in [1.29, 1.82) is 0 Å². The van der Waals surface area contributed by atoms with Crippen LogP contribution in [-0.2, 0) is 4.79 Å². The number of aliphatic hydroxyl groups is 1. The Balaban J connectivity index is 2.95. The molecular formula is C9H9ClO2. The van der Waals surface area contributed by atoms with Crippen LogP contribution >= 0.6 is 11.6 Å². The van der Waals surface area contributed by atoms with Crippen LogP contribution in [0.25, 0.3) is 0 Å². The lowest BCUT2D eigenvalue weighted by atomic mass is 10.1. The molecule has 1 aromatic carbocycles. The van der Waals surface area contributed by atoms with E-state index in [9.17, 15) is 9.90 Å². The zero-order valence-corrected chi connectivity index (χ0v) is 7.38. The van der Waals surface area contributed by atoms with Gasteiger partial charge in [-0.15, -0.1) is 0 Å². The van der Waals surface area contributed by atoms with Gasteiger partial charge in [-0.3, -0.25) is 4.79 Å². The van der Waals surface area contributed by atoms with Crippen molar-refractivity contribution in [2.24, 2.45) is 0 Å². The third kappa shape index (κ3) is 2.06. The maximum absolute atomic E-state index is 10.6. The first kappa shape index (κ1) is 9.23. The third-order valence-corrected chi connectivity index (χ3v) is 1.78. The van der Waals surface area contributed by atoms with Crippen molar-refractivity contribution < 1.29 is 9.90 Å². The molecule has 1 rings (SSSR count). The van der Waals surface area contributed by atoms with Gasteiger partial charge in [0.15, 0.2) is 6.10 Å². The van der Waals surface area contributed by atoms with Crippen molar-refractivity contribution in [3.63, 3.8) is 0 Å². The van der Waals surface area contributed by atoms with E-state index in [0.717, 1.165) is 5.56 Å². The fourth-order valence-corrected chi connectivity index (χ4v) is 1.10. The first-order valence-corrected chi connectivity index (χ1v) is 3.93. The van der Waals surface area contributed by atoms with Gasteiger partial charge in [0.05, 0.1) is 0 Å². The minimum Gasteiger partial charge on any atom is -0.379 e. The lowest BCUT2D eigenvalue weighted by molar-refractivity contribution is -0.119. The second-order valence-corrected chi connectivity index (χ2v) is 2.99. The van der Waals surface area contributed by atoms with Crippen LogP contribution in [0.2, 0.25) is 0 Å². The van der Waals surface area contributed by atoms with Crippen LogP contribution in [0, 0.1) is 6.92 Å². The van der Waals surface area contributed by atoms with Gasteiger partial charge in [0.1, 0.15) is 0 Å². The minimum absolute atomic E-state index is 0.537. The summed E-state index contributed by atoms with van der Waals surface area (Å²) in [4.78, 5) is 10.6. The topological polar surface area (TPSA) is 37.3 Å². The van der Waals surface area contributed by atoms with Crippen LogP contribution in [0.4, 0.5) is 0 Å². The van der Waals surface area contributed by atoms with Crippen molar-refractivity contribution in [2.75, 3.05) is 0 Å². The second-order valence-electron chi connectivity index (χ2n) is 2.62. The highest BCUT2D eigenvalue weighted by molar-refractivity contribution is 6.64. The van der Waals surface area contributed by atoms with Gasteiger partial charge in [0.25, 0.3) is 5.24 Å². The molecule has 0 spiro atoms. The minimum atomic E-state index is -1.20. The Hall–Kier alpha value is -0.860. The fourth-order valence-electron chi connectivity index (χ4n) is 0.971. The van der Waals surface area contributed by atoms with E-state index in [0.29, 0.717) is 5.56 Å². The van der Waals surface area contributed by atoms with E-state index >= 15 is 0 Å². The number of aliphatic hydroxyl groups excluding tert-OH is 1. The molecule has 3 heteroatoms. The van der Waals surface area contributed by atoms with Gasteiger partial charge in [-0.1, -0.05) is 29.8 Å². The van der Waals surface area contributed by atoms with Crippen molar-refractivity contribution >= 4 is 16.8 Å². The van der Waals surface area contributed by atoms with E-state index in [-0.39, 0.29) is 0 Å². The molecule has 0 aliphatic rings. The SMILES string of the molecule is Cc1cccc([C@H](O)C(=O)Cl)c1. The highest BCUT2D eigenvalue weighted by atomic mass is 35.5. The molecule has 1 atom stereocenters. The highest BCUT2D eigenvalue weighted by Gasteiger charge is 2.13. The monoisotopic (exact) mass is 184 g/mol. The maximum atomic E-state index is 10.6. The third-order valence-electron chi connectivity index (χ3n) is 1.57. The summed E-state index contributed by atoms with van der Waals surface area (Å²) in [5.74, 6) is 0. The quantitative estimate of drug-likeness (QED) is 0.712. The number of carbonyl (C=O) groups is 1. The zero-order valence-electron chi connectivity index (χ0n) is 6.62. The highest BCUT2D eigenvalue weighted by Crippen LogP contribution is 2.16. The Morgan fingerprint density at radius 3 is 2.75 bits per heavy atom. The van der Waals surface area contributed by atoms with Crippen LogP contribution in [0.1, 0.15) is 17.2 Å². The molecule has 0 radical (unpaired) electrons. The molecule has 0 bridgehead atoms. The molecule has 0 amide bonds. The first-order valence-electron chi connectivity index (χ1n) is 3.55. The van der Waals surface area contributed by atoms with Crippen LogP contribution < -0.4 is 0 Å². The molecule has 0 aliphatic carbocycles. The van der Waals surface area contributed by atoms with Gasteiger partial charge in [0.2, 0.25) is 0 Å². The predicted molar refractivity (Wildman–Crippen MR) is 47.0 cm³/mol. The molecule has 0 aliphatic heterocycles. The smallest absolute Gasteiger partial charge is 0.254 e. The zero-order chi connectivity index (χ0) is 9.14. The number of aryl methyl sites for hydroxylation is 1. The van der Waals surface area contributed by atoms with Crippen LogP contribution in [0.3, 0.4) is 0 Å². The molecular weight excluding hydrogens is 176 g/mol. The molecule has 0 aromatic heterocycles. The van der Waals surface area contributed by atoms with Crippen molar-refractivity contribution in [3.05, 3.63) is 35.4 Å². The summed E-state index contributed by atoms with van der Waals surface area (Å²) in [6.07, 6.45) is -1.20. The van der Waals surface area contributed by atoms with Crippen molar-refractivity contribution in [2.45, 2.75) is 13.0 Å². The molecule has 1 N–H and O–H groups in total. The second kappa shape index (κ2) is 3.70. The van der Waals surface area contributed by atoms with Gasteiger partial charge < -0.3 is 5.11 Å². The lowest BCUT2D eigenvalue weighted by Crippen LogP contribution is -2.04. The summed E-state index contributed by atoms with van der Waals surface area (Å²) in [7, 11) is 0. The predicted octanol–water partition coefficient (Wildman–Crippen LogP) is 1.79. The Bertz CT molecular complexity index is 296. The summed E-state index contributed by atoms with van der Waals surface area (Å²) in [6, 6.07) is 7.05. The average Bonchev–Trinajstić information content (AvgIpc) is 2.03. The van der Waals surface area contributed by atoms with Crippen LogP contribution in [0.15, 0.2) is 24.3 Å². The van der Waals surface area contributed by atoms with Crippen molar-refractivity contribution in [3.8, 4) is 0 Å². The van der Waals surface area contributed by atoms with Gasteiger partial charge in [-0.25, -0.2) is 0 Å².